The standard InChI is InChI=1S/C12H20ClN3O2S/c1-3-16(8-10-5-4-6-10)19(17,18)12-9(2)14-15-11(12)7-13/h10H,3-8H2,1-2H3,(H,14,15). The number of sulfonamides is 1. The molecule has 0 atom stereocenters. The van der Waals surface area contributed by atoms with Crippen LogP contribution in [0, 0.1) is 12.8 Å². The molecular weight excluding hydrogens is 286 g/mol. The lowest BCUT2D eigenvalue weighted by Crippen LogP contribution is -2.37. The lowest BCUT2D eigenvalue weighted by atomic mass is 9.85. The van der Waals surface area contributed by atoms with Gasteiger partial charge in [0.05, 0.1) is 17.3 Å². The first kappa shape index (κ1) is 14.8. The van der Waals surface area contributed by atoms with E-state index in [2.05, 4.69) is 10.2 Å². The molecule has 1 N–H and O–H groups in total. The van der Waals surface area contributed by atoms with Gasteiger partial charge in [0.1, 0.15) is 4.90 Å². The van der Waals surface area contributed by atoms with E-state index in [0.717, 1.165) is 12.8 Å². The highest BCUT2D eigenvalue weighted by molar-refractivity contribution is 7.89. The Morgan fingerprint density at radius 3 is 2.63 bits per heavy atom. The molecule has 1 aliphatic carbocycles. The van der Waals surface area contributed by atoms with Crippen molar-refractivity contribution in [3.8, 4) is 0 Å². The number of rotatable bonds is 6. The van der Waals surface area contributed by atoms with Crippen molar-refractivity contribution >= 4 is 21.6 Å². The number of aryl methyl sites for hydroxylation is 1. The van der Waals surface area contributed by atoms with Crippen molar-refractivity contribution in [2.75, 3.05) is 13.1 Å². The van der Waals surface area contributed by atoms with Crippen LogP contribution < -0.4 is 0 Å². The normalized spacial score (nSPS) is 16.8. The molecule has 1 aliphatic rings. The number of alkyl halides is 1. The van der Waals surface area contributed by atoms with Gasteiger partial charge in [-0.15, -0.1) is 11.6 Å². The predicted octanol–water partition coefficient (Wildman–Crippen LogP) is 2.27. The van der Waals surface area contributed by atoms with Gasteiger partial charge in [-0.05, 0) is 25.7 Å². The van der Waals surface area contributed by atoms with E-state index in [1.807, 2.05) is 6.92 Å². The molecule has 0 saturated heterocycles. The van der Waals surface area contributed by atoms with Gasteiger partial charge >= 0.3 is 0 Å². The molecule has 0 unspecified atom stereocenters. The Morgan fingerprint density at radius 2 is 2.16 bits per heavy atom. The fourth-order valence-electron chi connectivity index (χ4n) is 2.39. The molecule has 0 aromatic carbocycles. The summed E-state index contributed by atoms with van der Waals surface area (Å²) in [5, 5.41) is 6.68. The summed E-state index contributed by atoms with van der Waals surface area (Å²) in [4.78, 5) is 0.253. The number of nitrogens with one attached hydrogen (secondary N) is 1. The fraction of sp³-hybridized carbons (Fsp3) is 0.750. The molecule has 0 radical (unpaired) electrons. The fourth-order valence-corrected chi connectivity index (χ4v) is 4.52. The monoisotopic (exact) mass is 305 g/mol. The predicted molar refractivity (Wildman–Crippen MR) is 74.7 cm³/mol. The smallest absolute Gasteiger partial charge is 0.246 e. The molecule has 1 aromatic rings. The van der Waals surface area contributed by atoms with Gasteiger partial charge in [0.15, 0.2) is 0 Å². The van der Waals surface area contributed by atoms with Crippen molar-refractivity contribution < 1.29 is 8.42 Å². The number of hydrogen-bond donors (Lipinski definition) is 1. The van der Waals surface area contributed by atoms with Gasteiger partial charge in [0.2, 0.25) is 10.0 Å². The molecule has 0 aliphatic heterocycles. The van der Waals surface area contributed by atoms with Crippen LogP contribution in [-0.4, -0.2) is 36.0 Å². The number of aromatic nitrogens is 2. The summed E-state index contributed by atoms with van der Waals surface area (Å²) < 4.78 is 27.0. The average Bonchev–Trinajstić information content (AvgIpc) is 2.69. The molecule has 1 fully saturated rings. The molecule has 0 spiro atoms. The van der Waals surface area contributed by atoms with Gasteiger partial charge in [-0.3, -0.25) is 5.10 Å². The molecule has 0 bridgehead atoms. The zero-order valence-corrected chi connectivity index (χ0v) is 12.9. The van der Waals surface area contributed by atoms with Crippen LogP contribution in [0.25, 0.3) is 0 Å². The maximum Gasteiger partial charge on any atom is 0.246 e. The maximum absolute atomic E-state index is 12.7. The quantitative estimate of drug-likeness (QED) is 0.820. The van der Waals surface area contributed by atoms with Gasteiger partial charge in [0.25, 0.3) is 0 Å². The second-order valence-electron chi connectivity index (χ2n) is 5.01. The summed E-state index contributed by atoms with van der Waals surface area (Å²) in [6.07, 6.45) is 3.46. The van der Waals surface area contributed by atoms with Gasteiger partial charge < -0.3 is 0 Å². The van der Waals surface area contributed by atoms with Crippen LogP contribution in [0.2, 0.25) is 0 Å². The van der Waals surface area contributed by atoms with E-state index in [0.29, 0.717) is 30.4 Å². The third-order valence-corrected chi connectivity index (χ3v) is 6.12. The lowest BCUT2D eigenvalue weighted by Gasteiger charge is -2.31. The number of hydrogen-bond acceptors (Lipinski definition) is 3. The van der Waals surface area contributed by atoms with E-state index in [9.17, 15) is 8.42 Å². The third kappa shape index (κ3) is 2.80. The van der Waals surface area contributed by atoms with E-state index in [4.69, 9.17) is 11.6 Å². The van der Waals surface area contributed by atoms with Crippen LogP contribution >= 0.6 is 11.6 Å². The number of nitrogens with zero attached hydrogens (tertiary/aromatic N) is 2. The van der Waals surface area contributed by atoms with E-state index in [1.54, 1.807) is 11.2 Å². The summed E-state index contributed by atoms with van der Waals surface area (Å²) >= 11 is 5.78. The SMILES string of the molecule is CCN(CC1CCC1)S(=O)(=O)c1c(CCl)n[nH]c1C. The van der Waals surface area contributed by atoms with Gasteiger partial charge in [-0.1, -0.05) is 13.3 Å². The maximum atomic E-state index is 12.7. The van der Waals surface area contributed by atoms with Crippen LogP contribution in [0.3, 0.4) is 0 Å². The van der Waals surface area contributed by atoms with Crippen molar-refractivity contribution in [1.82, 2.24) is 14.5 Å². The van der Waals surface area contributed by atoms with E-state index >= 15 is 0 Å². The Morgan fingerprint density at radius 1 is 1.47 bits per heavy atom. The Kier molecular flexibility index (Phi) is 4.53. The zero-order chi connectivity index (χ0) is 14.0. The van der Waals surface area contributed by atoms with Crippen LogP contribution in [0.4, 0.5) is 0 Å². The van der Waals surface area contributed by atoms with Crippen molar-refractivity contribution in [2.45, 2.75) is 43.9 Å². The van der Waals surface area contributed by atoms with Crippen molar-refractivity contribution in [1.29, 1.82) is 0 Å². The minimum atomic E-state index is -3.50. The summed E-state index contributed by atoms with van der Waals surface area (Å²) in [7, 11) is -3.50. The lowest BCUT2D eigenvalue weighted by molar-refractivity contribution is 0.250. The van der Waals surface area contributed by atoms with Gasteiger partial charge in [-0.2, -0.15) is 9.40 Å². The Hall–Kier alpha value is -0.590. The largest absolute Gasteiger partial charge is 0.281 e. The second-order valence-corrected chi connectivity index (χ2v) is 7.15. The Balaban J connectivity index is 2.30. The van der Waals surface area contributed by atoms with Crippen LogP contribution in [0.5, 0.6) is 0 Å². The first-order valence-corrected chi connectivity index (χ1v) is 8.58. The van der Waals surface area contributed by atoms with Gasteiger partial charge in [0, 0.05) is 13.1 Å². The first-order valence-electron chi connectivity index (χ1n) is 6.60. The van der Waals surface area contributed by atoms with Crippen LogP contribution in [0.15, 0.2) is 4.90 Å². The van der Waals surface area contributed by atoms with Gasteiger partial charge in [-0.25, -0.2) is 8.42 Å². The second kappa shape index (κ2) is 5.81. The highest BCUT2D eigenvalue weighted by Crippen LogP contribution is 2.30. The highest BCUT2D eigenvalue weighted by atomic mass is 35.5. The zero-order valence-electron chi connectivity index (χ0n) is 11.3. The molecule has 5 nitrogen and oxygen atoms in total. The molecule has 2 rings (SSSR count). The summed E-state index contributed by atoms with van der Waals surface area (Å²) in [5.74, 6) is 0.598. The molecular formula is C12H20ClN3O2S. The molecule has 7 heteroatoms. The molecule has 1 heterocycles. The average molecular weight is 306 g/mol. The molecule has 1 aromatic heterocycles. The summed E-state index contributed by atoms with van der Waals surface area (Å²) in [5.41, 5.74) is 0.967. The van der Waals surface area contributed by atoms with E-state index < -0.39 is 10.0 Å². The summed E-state index contributed by atoms with van der Waals surface area (Å²) in [6.45, 7) is 4.66. The van der Waals surface area contributed by atoms with Crippen LogP contribution in [-0.2, 0) is 15.9 Å². The van der Waals surface area contributed by atoms with E-state index in [1.165, 1.54) is 6.42 Å². The first-order chi connectivity index (χ1) is 9.00. The molecule has 19 heavy (non-hydrogen) atoms. The van der Waals surface area contributed by atoms with Crippen LogP contribution in [0.1, 0.15) is 37.6 Å². The molecule has 108 valence electrons. The number of aromatic amines is 1. The Bertz CT molecular complexity index is 537. The van der Waals surface area contributed by atoms with Crippen molar-refractivity contribution in [3.05, 3.63) is 11.4 Å². The topological polar surface area (TPSA) is 66.1 Å². The minimum Gasteiger partial charge on any atom is -0.281 e. The number of H-pyrrole nitrogens is 1. The molecule has 1 saturated carbocycles. The van der Waals surface area contributed by atoms with Crippen molar-refractivity contribution in [3.63, 3.8) is 0 Å². The van der Waals surface area contributed by atoms with E-state index in [-0.39, 0.29) is 10.8 Å². The Labute approximate surface area is 119 Å². The third-order valence-electron chi connectivity index (χ3n) is 3.72. The highest BCUT2D eigenvalue weighted by Gasteiger charge is 2.32. The minimum absolute atomic E-state index is 0.0971. The summed E-state index contributed by atoms with van der Waals surface area (Å²) in [6, 6.07) is 0. The number of halogens is 1. The van der Waals surface area contributed by atoms with Crippen molar-refractivity contribution in [2.24, 2.45) is 5.92 Å². The molecule has 0 amide bonds.